The molecule has 1 atom stereocenters. The lowest BCUT2D eigenvalue weighted by Gasteiger charge is -2.29. The minimum Gasteiger partial charge on any atom is -0.356 e. The Labute approximate surface area is 114 Å². The maximum Gasteiger partial charge on any atom is 0.220 e. The molecule has 2 N–H and O–H groups in total. The monoisotopic (exact) mass is 264 g/mol. The Morgan fingerprint density at radius 3 is 3.26 bits per heavy atom. The number of carbonyl (C=O) groups excluding carboxylic acids is 1. The number of piperidine rings is 1. The summed E-state index contributed by atoms with van der Waals surface area (Å²) in [6.45, 7) is 3.20. The molecule has 1 aliphatic heterocycles. The van der Waals surface area contributed by atoms with E-state index < -0.39 is 0 Å². The molecular formula is C14H24N4O. The Morgan fingerprint density at radius 2 is 2.53 bits per heavy atom. The Balaban J connectivity index is 1.56. The molecule has 0 aliphatic carbocycles. The Bertz CT molecular complexity index is 377. The number of aromatic amines is 1. The van der Waals surface area contributed by atoms with Gasteiger partial charge in [-0.2, -0.15) is 5.10 Å². The molecule has 2 rings (SSSR count). The molecule has 1 fully saturated rings. The second-order valence-corrected chi connectivity index (χ2v) is 5.52. The normalized spacial score (nSPS) is 20.4. The second-order valence-electron chi connectivity index (χ2n) is 5.52. The molecule has 5 nitrogen and oxygen atoms in total. The van der Waals surface area contributed by atoms with Crippen LogP contribution >= 0.6 is 0 Å². The second kappa shape index (κ2) is 7.28. The molecule has 106 valence electrons. The van der Waals surface area contributed by atoms with Crippen molar-refractivity contribution in [3.05, 3.63) is 18.0 Å². The summed E-state index contributed by atoms with van der Waals surface area (Å²) in [5, 5.41) is 9.65. The summed E-state index contributed by atoms with van der Waals surface area (Å²) in [7, 11) is 2.18. The molecule has 19 heavy (non-hydrogen) atoms. The lowest BCUT2D eigenvalue weighted by atomic mass is 9.95. The van der Waals surface area contributed by atoms with E-state index in [1.165, 1.54) is 25.9 Å². The van der Waals surface area contributed by atoms with E-state index in [1.807, 2.05) is 6.20 Å². The molecule has 0 bridgehead atoms. The number of rotatable bonds is 6. The van der Waals surface area contributed by atoms with Crippen LogP contribution in [0.5, 0.6) is 0 Å². The fraction of sp³-hybridized carbons (Fsp3) is 0.714. The van der Waals surface area contributed by atoms with Gasteiger partial charge in [-0.3, -0.25) is 9.89 Å². The van der Waals surface area contributed by atoms with Gasteiger partial charge >= 0.3 is 0 Å². The van der Waals surface area contributed by atoms with Crippen molar-refractivity contribution in [3.8, 4) is 0 Å². The molecule has 0 unspecified atom stereocenters. The Morgan fingerprint density at radius 1 is 1.63 bits per heavy atom. The van der Waals surface area contributed by atoms with E-state index in [0.29, 0.717) is 6.42 Å². The SMILES string of the molecule is CN1CCC[C@@H](CCNC(=O)CCc2cn[nH]c2)C1. The fourth-order valence-corrected chi connectivity index (χ4v) is 2.69. The maximum atomic E-state index is 11.7. The lowest BCUT2D eigenvalue weighted by Crippen LogP contribution is -2.34. The van der Waals surface area contributed by atoms with Gasteiger partial charge in [-0.05, 0) is 50.8 Å². The highest BCUT2D eigenvalue weighted by Crippen LogP contribution is 2.17. The number of carbonyl (C=O) groups is 1. The number of aromatic nitrogens is 2. The van der Waals surface area contributed by atoms with Gasteiger partial charge in [0.1, 0.15) is 0 Å². The number of nitrogens with one attached hydrogen (secondary N) is 2. The van der Waals surface area contributed by atoms with Gasteiger partial charge in [-0.15, -0.1) is 0 Å². The largest absolute Gasteiger partial charge is 0.356 e. The molecule has 1 amide bonds. The van der Waals surface area contributed by atoms with Crippen molar-refractivity contribution in [1.29, 1.82) is 0 Å². The van der Waals surface area contributed by atoms with Gasteiger partial charge in [0.05, 0.1) is 6.20 Å². The van der Waals surface area contributed by atoms with Gasteiger partial charge in [0, 0.05) is 25.7 Å². The van der Waals surface area contributed by atoms with Gasteiger partial charge in [-0.25, -0.2) is 0 Å². The molecule has 2 heterocycles. The lowest BCUT2D eigenvalue weighted by molar-refractivity contribution is -0.121. The van der Waals surface area contributed by atoms with Crippen LogP contribution in [-0.4, -0.2) is 47.7 Å². The molecule has 0 saturated carbocycles. The predicted octanol–water partition coefficient (Wildman–Crippen LogP) is 1.19. The molecule has 5 heteroatoms. The standard InChI is InChI=1S/C14H24N4O/c1-18-8-2-3-12(11-18)6-7-15-14(19)5-4-13-9-16-17-10-13/h9-10,12H,2-8,11H2,1H3,(H,15,19)(H,16,17)/t12-/m0/s1. The summed E-state index contributed by atoms with van der Waals surface area (Å²) in [5.74, 6) is 0.887. The van der Waals surface area contributed by atoms with E-state index in [9.17, 15) is 4.79 Å². The Hall–Kier alpha value is -1.36. The van der Waals surface area contributed by atoms with Crippen molar-refractivity contribution < 1.29 is 4.79 Å². The van der Waals surface area contributed by atoms with Crippen LogP contribution in [0.15, 0.2) is 12.4 Å². The number of hydrogen-bond acceptors (Lipinski definition) is 3. The fourth-order valence-electron chi connectivity index (χ4n) is 2.69. The van der Waals surface area contributed by atoms with Crippen LogP contribution in [0.3, 0.4) is 0 Å². The average Bonchev–Trinajstić information content (AvgIpc) is 2.89. The minimum atomic E-state index is 0.144. The first kappa shape index (κ1) is 14.1. The van der Waals surface area contributed by atoms with Gasteiger partial charge < -0.3 is 10.2 Å². The summed E-state index contributed by atoms with van der Waals surface area (Å²) < 4.78 is 0. The van der Waals surface area contributed by atoms with Crippen molar-refractivity contribution in [2.45, 2.75) is 32.1 Å². The number of H-pyrrole nitrogens is 1. The summed E-state index contributed by atoms with van der Waals surface area (Å²) in [6, 6.07) is 0. The molecule has 1 saturated heterocycles. The van der Waals surface area contributed by atoms with Crippen molar-refractivity contribution in [2.24, 2.45) is 5.92 Å². The Kier molecular flexibility index (Phi) is 5.39. The van der Waals surface area contributed by atoms with Gasteiger partial charge in [0.15, 0.2) is 0 Å². The maximum absolute atomic E-state index is 11.7. The van der Waals surface area contributed by atoms with Gasteiger partial charge in [0.25, 0.3) is 0 Å². The number of likely N-dealkylation sites (tertiary alicyclic amines) is 1. The number of amides is 1. The van der Waals surface area contributed by atoms with Crippen LogP contribution in [0.25, 0.3) is 0 Å². The van der Waals surface area contributed by atoms with Crippen molar-refractivity contribution in [3.63, 3.8) is 0 Å². The number of aryl methyl sites for hydroxylation is 1. The third-order valence-electron chi connectivity index (χ3n) is 3.79. The predicted molar refractivity (Wildman–Crippen MR) is 74.8 cm³/mol. The summed E-state index contributed by atoms with van der Waals surface area (Å²) in [4.78, 5) is 14.1. The first-order valence-corrected chi connectivity index (χ1v) is 7.17. The quantitative estimate of drug-likeness (QED) is 0.811. The third kappa shape index (κ3) is 5.03. The van der Waals surface area contributed by atoms with Crippen molar-refractivity contribution in [1.82, 2.24) is 20.4 Å². The summed E-state index contributed by atoms with van der Waals surface area (Å²) >= 11 is 0. The highest BCUT2D eigenvalue weighted by molar-refractivity contribution is 5.76. The van der Waals surface area contributed by atoms with E-state index in [-0.39, 0.29) is 5.91 Å². The number of nitrogens with zero attached hydrogens (tertiary/aromatic N) is 2. The summed E-state index contributed by atoms with van der Waals surface area (Å²) in [6.07, 6.45) is 8.60. The third-order valence-corrected chi connectivity index (χ3v) is 3.79. The first-order chi connectivity index (χ1) is 9.24. The zero-order valence-electron chi connectivity index (χ0n) is 11.7. The summed E-state index contributed by atoms with van der Waals surface area (Å²) in [5.41, 5.74) is 1.09. The van der Waals surface area contributed by atoms with Gasteiger partial charge in [0.2, 0.25) is 5.91 Å². The van der Waals surface area contributed by atoms with E-state index in [4.69, 9.17) is 0 Å². The van der Waals surface area contributed by atoms with Crippen LogP contribution in [0.4, 0.5) is 0 Å². The van der Waals surface area contributed by atoms with Crippen LogP contribution < -0.4 is 5.32 Å². The van der Waals surface area contributed by atoms with Crippen LogP contribution in [0.2, 0.25) is 0 Å². The van der Waals surface area contributed by atoms with Gasteiger partial charge in [-0.1, -0.05) is 0 Å². The zero-order chi connectivity index (χ0) is 13.5. The molecular weight excluding hydrogens is 240 g/mol. The van der Waals surface area contributed by atoms with Crippen LogP contribution in [0.1, 0.15) is 31.2 Å². The van der Waals surface area contributed by atoms with Crippen molar-refractivity contribution in [2.75, 3.05) is 26.7 Å². The average molecular weight is 264 g/mol. The van der Waals surface area contributed by atoms with E-state index in [2.05, 4.69) is 27.5 Å². The first-order valence-electron chi connectivity index (χ1n) is 7.17. The highest BCUT2D eigenvalue weighted by atomic mass is 16.1. The molecule has 0 aromatic carbocycles. The molecule has 1 aliphatic rings. The molecule has 0 spiro atoms. The zero-order valence-corrected chi connectivity index (χ0v) is 11.7. The number of hydrogen-bond donors (Lipinski definition) is 2. The minimum absolute atomic E-state index is 0.144. The molecule has 0 radical (unpaired) electrons. The van der Waals surface area contributed by atoms with E-state index in [1.54, 1.807) is 6.20 Å². The highest BCUT2D eigenvalue weighted by Gasteiger charge is 2.16. The van der Waals surface area contributed by atoms with E-state index in [0.717, 1.165) is 30.9 Å². The van der Waals surface area contributed by atoms with Crippen LogP contribution in [0, 0.1) is 5.92 Å². The topological polar surface area (TPSA) is 61.0 Å². The van der Waals surface area contributed by atoms with Crippen LogP contribution in [-0.2, 0) is 11.2 Å². The molecule has 1 aromatic rings. The van der Waals surface area contributed by atoms with Crippen molar-refractivity contribution >= 4 is 5.91 Å². The molecule has 1 aromatic heterocycles. The van der Waals surface area contributed by atoms with E-state index >= 15 is 0 Å². The smallest absolute Gasteiger partial charge is 0.220 e.